The number of fused-ring (bicyclic) bond motifs is 1. The Labute approximate surface area is 131 Å². The first kappa shape index (κ1) is 16.3. The van der Waals surface area contributed by atoms with Crippen LogP contribution in [-0.4, -0.2) is 24.1 Å². The summed E-state index contributed by atoms with van der Waals surface area (Å²) in [6.07, 6.45) is 7.74. The van der Waals surface area contributed by atoms with Crippen molar-refractivity contribution in [2.75, 3.05) is 0 Å². The summed E-state index contributed by atoms with van der Waals surface area (Å²) in [5.41, 5.74) is 2.23. The Kier molecular flexibility index (Phi) is 5.75. The lowest BCUT2D eigenvalue weighted by atomic mass is 9.94. The molecule has 0 fully saturated rings. The van der Waals surface area contributed by atoms with Gasteiger partial charge in [0.05, 0.1) is 0 Å². The van der Waals surface area contributed by atoms with Gasteiger partial charge < -0.3 is 9.47 Å². The number of benzene rings is 1. The van der Waals surface area contributed by atoms with Crippen LogP contribution < -0.4 is 0 Å². The van der Waals surface area contributed by atoms with Gasteiger partial charge >= 0.3 is 11.9 Å². The summed E-state index contributed by atoms with van der Waals surface area (Å²) in [5, 5.41) is 0. The molecule has 4 nitrogen and oxygen atoms in total. The largest absolute Gasteiger partial charge is 0.458 e. The van der Waals surface area contributed by atoms with Crippen LogP contribution in [0.1, 0.15) is 31.4 Å². The highest BCUT2D eigenvalue weighted by Gasteiger charge is 2.26. The monoisotopic (exact) mass is 300 g/mol. The highest BCUT2D eigenvalue weighted by atomic mass is 16.6. The van der Waals surface area contributed by atoms with Gasteiger partial charge in [-0.15, -0.1) is 0 Å². The van der Waals surface area contributed by atoms with E-state index in [9.17, 15) is 9.59 Å². The molecule has 0 aromatic heterocycles. The van der Waals surface area contributed by atoms with Crippen LogP contribution in [0, 0.1) is 6.42 Å². The molecule has 1 aromatic carbocycles. The van der Waals surface area contributed by atoms with Gasteiger partial charge in [-0.05, 0) is 36.5 Å². The number of carbonyl (C=O) groups is 2. The molecule has 0 spiro atoms. The van der Waals surface area contributed by atoms with Crippen LogP contribution in [0.4, 0.5) is 0 Å². The molecule has 4 heteroatoms. The van der Waals surface area contributed by atoms with Crippen LogP contribution in [0.2, 0.25) is 0 Å². The van der Waals surface area contributed by atoms with Gasteiger partial charge in [0, 0.05) is 20.3 Å². The third-order valence-corrected chi connectivity index (χ3v) is 3.43. The average molecular weight is 300 g/mol. The molecular formula is C18H20O4. The van der Waals surface area contributed by atoms with E-state index in [0.29, 0.717) is 12.8 Å². The lowest BCUT2D eigenvalue weighted by Gasteiger charge is -2.25. The van der Waals surface area contributed by atoms with Crippen molar-refractivity contribution in [3.05, 3.63) is 54.0 Å². The van der Waals surface area contributed by atoms with Crippen LogP contribution >= 0.6 is 0 Å². The predicted molar refractivity (Wildman–Crippen MR) is 82.0 cm³/mol. The van der Waals surface area contributed by atoms with Gasteiger partial charge in [-0.2, -0.15) is 0 Å². The van der Waals surface area contributed by atoms with Crippen molar-refractivity contribution in [3.8, 4) is 0 Å². The number of rotatable bonds is 2. The van der Waals surface area contributed by atoms with Gasteiger partial charge in [-0.25, -0.2) is 0 Å². The van der Waals surface area contributed by atoms with Crippen molar-refractivity contribution in [1.82, 2.24) is 0 Å². The van der Waals surface area contributed by atoms with Gasteiger partial charge in [0.15, 0.2) is 6.10 Å². The zero-order valence-electron chi connectivity index (χ0n) is 12.9. The molecule has 0 N–H and O–H groups in total. The SMILES string of the molecule is CC(=O)OC1/C=C\C[C]Cc2ccccc2CC1OC(C)=O. The maximum Gasteiger partial charge on any atom is 0.303 e. The molecule has 2 radical (unpaired) electrons. The summed E-state index contributed by atoms with van der Waals surface area (Å²) in [7, 11) is 0. The number of esters is 2. The topological polar surface area (TPSA) is 52.6 Å². The molecule has 0 bridgehead atoms. The molecule has 2 rings (SSSR count). The van der Waals surface area contributed by atoms with Crippen molar-refractivity contribution >= 4 is 11.9 Å². The summed E-state index contributed by atoms with van der Waals surface area (Å²) in [5.74, 6) is -0.784. The van der Waals surface area contributed by atoms with Crippen molar-refractivity contribution in [1.29, 1.82) is 0 Å². The van der Waals surface area contributed by atoms with Crippen LogP contribution in [0.5, 0.6) is 0 Å². The number of ether oxygens (including phenoxy) is 2. The Morgan fingerprint density at radius 2 is 1.77 bits per heavy atom. The fourth-order valence-electron chi connectivity index (χ4n) is 2.51. The van der Waals surface area contributed by atoms with E-state index in [-0.39, 0.29) is 5.97 Å². The van der Waals surface area contributed by atoms with Crippen molar-refractivity contribution in [2.45, 2.75) is 45.3 Å². The molecule has 2 unspecified atom stereocenters. The molecule has 0 amide bonds. The predicted octanol–water partition coefficient (Wildman–Crippen LogP) is 2.68. The van der Waals surface area contributed by atoms with E-state index in [2.05, 4.69) is 6.42 Å². The van der Waals surface area contributed by atoms with Crippen molar-refractivity contribution < 1.29 is 19.1 Å². The normalized spacial score (nSPS) is 23.0. The zero-order valence-corrected chi connectivity index (χ0v) is 12.9. The average Bonchev–Trinajstić information content (AvgIpc) is 2.45. The molecule has 0 heterocycles. The first-order valence-corrected chi connectivity index (χ1v) is 7.35. The summed E-state index contributed by atoms with van der Waals surface area (Å²) >= 11 is 0. The molecule has 22 heavy (non-hydrogen) atoms. The van der Waals surface area contributed by atoms with Gasteiger partial charge in [0.2, 0.25) is 0 Å². The smallest absolute Gasteiger partial charge is 0.303 e. The van der Waals surface area contributed by atoms with E-state index in [0.717, 1.165) is 17.5 Å². The first-order valence-electron chi connectivity index (χ1n) is 7.35. The third kappa shape index (κ3) is 4.72. The first-order chi connectivity index (χ1) is 10.6. The maximum atomic E-state index is 11.4. The number of allylic oxidation sites excluding steroid dienone is 1. The van der Waals surface area contributed by atoms with E-state index in [1.165, 1.54) is 13.8 Å². The van der Waals surface area contributed by atoms with Gasteiger partial charge in [0.25, 0.3) is 0 Å². The zero-order chi connectivity index (χ0) is 15.9. The summed E-state index contributed by atoms with van der Waals surface area (Å²) < 4.78 is 10.7. The fourth-order valence-corrected chi connectivity index (χ4v) is 2.51. The molecule has 0 aliphatic heterocycles. The lowest BCUT2D eigenvalue weighted by Crippen LogP contribution is -2.35. The fraction of sp³-hybridized carbons (Fsp3) is 0.389. The van der Waals surface area contributed by atoms with Crippen LogP contribution in [-0.2, 0) is 31.9 Å². The van der Waals surface area contributed by atoms with Crippen molar-refractivity contribution in [2.24, 2.45) is 0 Å². The van der Waals surface area contributed by atoms with E-state index in [1.54, 1.807) is 6.08 Å². The minimum atomic E-state index is -0.589. The quantitative estimate of drug-likeness (QED) is 0.622. The molecule has 116 valence electrons. The van der Waals surface area contributed by atoms with Gasteiger partial charge in [-0.3, -0.25) is 9.59 Å². The number of hydrogen-bond donors (Lipinski definition) is 0. The minimum absolute atomic E-state index is 0.386. The molecule has 1 aromatic rings. The Morgan fingerprint density at radius 3 is 2.45 bits per heavy atom. The molecule has 1 aliphatic rings. The Hall–Kier alpha value is -2.10. The molecule has 0 saturated heterocycles. The highest BCUT2D eigenvalue weighted by Crippen LogP contribution is 2.20. The molecule has 1 aliphatic carbocycles. The molecule has 2 atom stereocenters. The van der Waals surface area contributed by atoms with Gasteiger partial charge in [0.1, 0.15) is 6.10 Å². The van der Waals surface area contributed by atoms with E-state index in [4.69, 9.17) is 9.47 Å². The highest BCUT2D eigenvalue weighted by molar-refractivity contribution is 5.67. The summed E-state index contributed by atoms with van der Waals surface area (Å²) in [6, 6.07) is 7.97. The van der Waals surface area contributed by atoms with E-state index >= 15 is 0 Å². The van der Waals surface area contributed by atoms with E-state index in [1.807, 2.05) is 30.3 Å². The second-order valence-electron chi connectivity index (χ2n) is 5.25. The number of hydrogen-bond acceptors (Lipinski definition) is 4. The molecular weight excluding hydrogens is 280 g/mol. The third-order valence-electron chi connectivity index (χ3n) is 3.43. The van der Waals surface area contributed by atoms with Crippen LogP contribution in [0.25, 0.3) is 0 Å². The van der Waals surface area contributed by atoms with Gasteiger partial charge in [-0.1, -0.05) is 30.3 Å². The second kappa shape index (κ2) is 7.78. The lowest BCUT2D eigenvalue weighted by molar-refractivity contribution is -0.161. The van der Waals surface area contributed by atoms with Crippen LogP contribution in [0.3, 0.4) is 0 Å². The van der Waals surface area contributed by atoms with Crippen molar-refractivity contribution in [3.63, 3.8) is 0 Å². The Balaban J connectivity index is 2.31. The summed E-state index contributed by atoms with van der Waals surface area (Å²) in [4.78, 5) is 22.7. The second-order valence-corrected chi connectivity index (χ2v) is 5.25. The standard InChI is InChI=1S/C18H20O4/c1-13(19)21-17-11-5-3-4-8-15-9-6-7-10-16(15)12-18(17)22-14(2)20/h5-7,9-11,17-18H,3,8,12H2,1-2H3/b11-5-. The van der Waals surface area contributed by atoms with Crippen LogP contribution in [0.15, 0.2) is 36.4 Å². The summed E-state index contributed by atoms with van der Waals surface area (Å²) in [6.45, 7) is 2.71. The maximum absolute atomic E-state index is 11.4. The molecule has 0 saturated carbocycles. The number of carbonyl (C=O) groups excluding carboxylic acids is 2. The van der Waals surface area contributed by atoms with E-state index < -0.39 is 18.2 Å². The Morgan fingerprint density at radius 1 is 1.09 bits per heavy atom. The minimum Gasteiger partial charge on any atom is -0.458 e. The Bertz CT molecular complexity index is 562.